The van der Waals surface area contributed by atoms with Gasteiger partial charge in [-0.25, -0.2) is 9.37 Å². The van der Waals surface area contributed by atoms with Crippen LogP contribution in [0.2, 0.25) is 0 Å². The van der Waals surface area contributed by atoms with Gasteiger partial charge in [-0.2, -0.15) is 0 Å². The Bertz CT molecular complexity index is 591. The van der Waals surface area contributed by atoms with Crippen LogP contribution in [-0.4, -0.2) is 17.4 Å². The van der Waals surface area contributed by atoms with Crippen molar-refractivity contribution in [1.82, 2.24) is 4.98 Å². The summed E-state index contributed by atoms with van der Waals surface area (Å²) in [5.74, 6) is 0.0251. The summed E-state index contributed by atoms with van der Waals surface area (Å²) >= 11 is 0. The molecule has 1 aromatic heterocycles. The van der Waals surface area contributed by atoms with Crippen molar-refractivity contribution < 1.29 is 9.18 Å². The minimum absolute atomic E-state index is 0.314. The number of pyridine rings is 1. The molecule has 5 heteroatoms. The highest BCUT2D eigenvalue weighted by molar-refractivity contribution is 6.04. The predicted molar refractivity (Wildman–Crippen MR) is 77.5 cm³/mol. The van der Waals surface area contributed by atoms with Crippen molar-refractivity contribution in [3.05, 3.63) is 53.5 Å². The number of carbonyl (C=O) groups is 1. The van der Waals surface area contributed by atoms with Crippen molar-refractivity contribution >= 4 is 17.4 Å². The van der Waals surface area contributed by atoms with Gasteiger partial charge in [0.1, 0.15) is 11.6 Å². The predicted octanol–water partition coefficient (Wildman–Crippen LogP) is 3.21. The Kier molecular flexibility index (Phi) is 4.30. The number of nitrogens with zero attached hydrogens (tertiary/aromatic N) is 1. The van der Waals surface area contributed by atoms with Gasteiger partial charge >= 0.3 is 0 Å². The molecule has 1 aromatic carbocycles. The van der Waals surface area contributed by atoms with Gasteiger partial charge in [0, 0.05) is 18.4 Å². The molecular formula is C15H16FN3O. The second-order valence-corrected chi connectivity index (χ2v) is 4.43. The first-order valence-electron chi connectivity index (χ1n) is 6.37. The van der Waals surface area contributed by atoms with E-state index in [-0.39, 0.29) is 11.7 Å². The summed E-state index contributed by atoms with van der Waals surface area (Å²) in [6, 6.07) is 7.80. The Morgan fingerprint density at radius 1 is 1.30 bits per heavy atom. The van der Waals surface area contributed by atoms with E-state index in [1.807, 2.05) is 6.92 Å². The number of anilines is 2. The molecule has 0 radical (unpaired) electrons. The van der Waals surface area contributed by atoms with Gasteiger partial charge in [-0.1, -0.05) is 0 Å². The number of nitrogens with one attached hydrogen (secondary N) is 2. The average Bonchev–Trinajstić information content (AvgIpc) is 2.38. The summed E-state index contributed by atoms with van der Waals surface area (Å²) in [5, 5.41) is 5.70. The molecular weight excluding hydrogens is 257 g/mol. The molecule has 0 saturated heterocycles. The summed E-state index contributed by atoms with van der Waals surface area (Å²) in [7, 11) is 0. The topological polar surface area (TPSA) is 54.0 Å². The zero-order chi connectivity index (χ0) is 14.5. The summed E-state index contributed by atoms with van der Waals surface area (Å²) in [6.45, 7) is 4.50. The van der Waals surface area contributed by atoms with E-state index in [1.54, 1.807) is 25.1 Å². The van der Waals surface area contributed by atoms with Crippen LogP contribution >= 0.6 is 0 Å². The molecule has 104 valence electrons. The summed E-state index contributed by atoms with van der Waals surface area (Å²) < 4.78 is 13.2. The maximum atomic E-state index is 13.2. The van der Waals surface area contributed by atoms with E-state index in [9.17, 15) is 9.18 Å². The number of rotatable bonds is 4. The molecule has 2 N–H and O–H groups in total. The average molecular weight is 273 g/mol. The fourth-order valence-corrected chi connectivity index (χ4v) is 1.83. The van der Waals surface area contributed by atoms with Crippen LogP contribution in [-0.2, 0) is 0 Å². The normalized spacial score (nSPS) is 10.2. The second kappa shape index (κ2) is 6.14. The highest BCUT2D eigenvalue weighted by atomic mass is 19.1. The number of amides is 1. The Morgan fingerprint density at radius 2 is 2.10 bits per heavy atom. The van der Waals surface area contributed by atoms with E-state index in [0.29, 0.717) is 17.1 Å². The van der Waals surface area contributed by atoms with Crippen molar-refractivity contribution in [2.24, 2.45) is 0 Å². The zero-order valence-corrected chi connectivity index (χ0v) is 11.4. The molecule has 20 heavy (non-hydrogen) atoms. The summed E-state index contributed by atoms with van der Waals surface area (Å²) in [4.78, 5) is 16.1. The lowest BCUT2D eigenvalue weighted by molar-refractivity contribution is 0.102. The van der Waals surface area contributed by atoms with Gasteiger partial charge in [-0.05, 0) is 49.7 Å². The summed E-state index contributed by atoms with van der Waals surface area (Å²) in [5.41, 5.74) is 1.61. The molecule has 1 heterocycles. The third-order valence-corrected chi connectivity index (χ3v) is 2.68. The summed E-state index contributed by atoms with van der Waals surface area (Å²) in [6.07, 6.45) is 1.49. The largest absolute Gasteiger partial charge is 0.370 e. The Labute approximate surface area is 117 Å². The van der Waals surface area contributed by atoms with E-state index in [2.05, 4.69) is 15.6 Å². The van der Waals surface area contributed by atoms with Crippen LogP contribution in [0.15, 0.2) is 36.5 Å². The molecule has 2 aromatic rings. The molecule has 0 aliphatic heterocycles. The molecule has 2 rings (SSSR count). The van der Waals surface area contributed by atoms with Gasteiger partial charge in [0.15, 0.2) is 0 Å². The number of carbonyl (C=O) groups excluding carboxylic acids is 1. The highest BCUT2D eigenvalue weighted by Gasteiger charge is 2.07. The van der Waals surface area contributed by atoms with Crippen molar-refractivity contribution in [2.75, 3.05) is 17.2 Å². The fraction of sp³-hybridized carbons (Fsp3) is 0.200. The number of hydrogen-bond acceptors (Lipinski definition) is 3. The first-order chi connectivity index (χ1) is 9.58. The van der Waals surface area contributed by atoms with Crippen LogP contribution in [0.4, 0.5) is 15.9 Å². The molecule has 0 bridgehead atoms. The minimum atomic E-state index is -0.374. The van der Waals surface area contributed by atoms with Crippen LogP contribution in [0.25, 0.3) is 0 Å². The molecule has 0 unspecified atom stereocenters. The van der Waals surface area contributed by atoms with Crippen LogP contribution in [0.5, 0.6) is 0 Å². The van der Waals surface area contributed by atoms with Gasteiger partial charge in [-0.15, -0.1) is 0 Å². The zero-order valence-electron chi connectivity index (χ0n) is 11.4. The van der Waals surface area contributed by atoms with Crippen molar-refractivity contribution in [3.8, 4) is 0 Å². The molecule has 0 fully saturated rings. The number of benzene rings is 1. The molecule has 4 nitrogen and oxygen atoms in total. The quantitative estimate of drug-likeness (QED) is 0.899. The van der Waals surface area contributed by atoms with Gasteiger partial charge in [0.05, 0.1) is 5.56 Å². The molecule has 0 aliphatic rings. The molecule has 0 spiro atoms. The van der Waals surface area contributed by atoms with Gasteiger partial charge in [0.25, 0.3) is 5.91 Å². The van der Waals surface area contributed by atoms with Crippen LogP contribution < -0.4 is 10.6 Å². The van der Waals surface area contributed by atoms with Crippen molar-refractivity contribution in [1.29, 1.82) is 0 Å². The molecule has 0 saturated carbocycles. The molecule has 0 atom stereocenters. The minimum Gasteiger partial charge on any atom is -0.370 e. The lowest BCUT2D eigenvalue weighted by Crippen LogP contribution is -2.12. The Morgan fingerprint density at radius 3 is 2.70 bits per heavy atom. The van der Waals surface area contributed by atoms with E-state index in [4.69, 9.17) is 0 Å². The fourth-order valence-electron chi connectivity index (χ4n) is 1.83. The van der Waals surface area contributed by atoms with Gasteiger partial charge < -0.3 is 10.6 Å². The smallest absolute Gasteiger partial charge is 0.257 e. The van der Waals surface area contributed by atoms with Gasteiger partial charge in [0.2, 0.25) is 0 Å². The van der Waals surface area contributed by atoms with Gasteiger partial charge in [-0.3, -0.25) is 4.79 Å². The third kappa shape index (κ3) is 3.54. The molecule has 0 aliphatic carbocycles. The van der Waals surface area contributed by atoms with Crippen LogP contribution in [0.1, 0.15) is 22.8 Å². The Balaban J connectivity index is 2.11. The second-order valence-electron chi connectivity index (χ2n) is 4.43. The Hall–Kier alpha value is -2.43. The number of halogens is 1. The van der Waals surface area contributed by atoms with E-state index < -0.39 is 0 Å². The van der Waals surface area contributed by atoms with Crippen molar-refractivity contribution in [2.45, 2.75) is 13.8 Å². The lowest BCUT2D eigenvalue weighted by atomic mass is 10.2. The lowest BCUT2D eigenvalue weighted by Gasteiger charge is -2.07. The number of hydrogen-bond donors (Lipinski definition) is 2. The standard InChI is InChI=1S/C15H16FN3O/c1-3-17-14-5-4-11(9-18-14)15(20)19-13-7-10(2)6-12(16)8-13/h4-9H,3H2,1-2H3,(H,17,18)(H,19,20). The van der Waals surface area contributed by atoms with E-state index >= 15 is 0 Å². The van der Waals surface area contributed by atoms with E-state index in [1.165, 1.54) is 18.3 Å². The third-order valence-electron chi connectivity index (χ3n) is 2.68. The number of aryl methyl sites for hydroxylation is 1. The highest BCUT2D eigenvalue weighted by Crippen LogP contribution is 2.15. The first-order valence-corrected chi connectivity index (χ1v) is 6.37. The van der Waals surface area contributed by atoms with Crippen LogP contribution in [0.3, 0.4) is 0 Å². The first kappa shape index (κ1) is 14.0. The number of aromatic nitrogens is 1. The SMILES string of the molecule is CCNc1ccc(C(=O)Nc2cc(C)cc(F)c2)cn1. The maximum absolute atomic E-state index is 13.2. The monoisotopic (exact) mass is 273 g/mol. The molecule has 1 amide bonds. The maximum Gasteiger partial charge on any atom is 0.257 e. The van der Waals surface area contributed by atoms with Crippen LogP contribution in [0, 0.1) is 12.7 Å². The van der Waals surface area contributed by atoms with E-state index in [0.717, 1.165) is 12.1 Å². The van der Waals surface area contributed by atoms with Crippen molar-refractivity contribution in [3.63, 3.8) is 0 Å².